The van der Waals surface area contributed by atoms with Crippen molar-refractivity contribution in [1.29, 1.82) is 0 Å². The van der Waals surface area contributed by atoms with E-state index in [4.69, 9.17) is 9.47 Å². The molecule has 0 aromatic heterocycles. The van der Waals surface area contributed by atoms with Crippen LogP contribution in [0.2, 0.25) is 0 Å². The van der Waals surface area contributed by atoms with Crippen LogP contribution < -0.4 is 4.74 Å². The Hall–Kier alpha value is -2.14. The van der Waals surface area contributed by atoms with Crippen LogP contribution >= 0.6 is 0 Å². The topological polar surface area (TPSA) is 41.9 Å². The molecule has 0 aliphatic rings. The van der Waals surface area contributed by atoms with Crippen LogP contribution in [-0.4, -0.2) is 43.0 Å². The van der Waals surface area contributed by atoms with Gasteiger partial charge in [-0.15, -0.1) is 6.58 Å². The van der Waals surface area contributed by atoms with Gasteiger partial charge in [0.15, 0.2) is 0 Å². The third kappa shape index (κ3) is 6.70. The molecule has 2 rings (SSSR count). The van der Waals surface area contributed by atoms with Gasteiger partial charge in [0.05, 0.1) is 26.4 Å². The van der Waals surface area contributed by atoms with Gasteiger partial charge in [-0.3, -0.25) is 4.90 Å². The van der Waals surface area contributed by atoms with E-state index >= 15 is 0 Å². The van der Waals surface area contributed by atoms with Gasteiger partial charge in [-0.1, -0.05) is 54.6 Å². The van der Waals surface area contributed by atoms with E-state index in [0.717, 1.165) is 17.9 Å². The van der Waals surface area contributed by atoms with Crippen LogP contribution in [0, 0.1) is 0 Å². The van der Waals surface area contributed by atoms with Crippen molar-refractivity contribution in [2.24, 2.45) is 0 Å². The predicted molar refractivity (Wildman–Crippen MR) is 101 cm³/mol. The zero-order valence-electron chi connectivity index (χ0n) is 14.8. The summed E-state index contributed by atoms with van der Waals surface area (Å²) in [6.45, 7) is 6.32. The number of para-hydroxylation sites is 1. The van der Waals surface area contributed by atoms with Gasteiger partial charge in [-0.05, 0) is 11.6 Å². The Bertz CT molecular complexity index is 630. The van der Waals surface area contributed by atoms with Gasteiger partial charge in [0.2, 0.25) is 0 Å². The van der Waals surface area contributed by atoms with E-state index in [-0.39, 0.29) is 0 Å². The standard InChI is InChI=1S/C21H27NO3/c1-3-13-25-17-20(23)16-22(14-18-9-5-4-6-10-18)15-19-11-7-8-12-21(19)24-2/h3-12,20,23H,1,13-17H2,2H3/t20-/m0/s1. The average molecular weight is 341 g/mol. The fourth-order valence-electron chi connectivity index (χ4n) is 2.74. The van der Waals surface area contributed by atoms with E-state index in [9.17, 15) is 5.11 Å². The first-order chi connectivity index (χ1) is 12.2. The highest BCUT2D eigenvalue weighted by Gasteiger charge is 2.15. The Morgan fingerprint density at radius 3 is 2.52 bits per heavy atom. The van der Waals surface area contributed by atoms with Crippen molar-refractivity contribution in [3.05, 3.63) is 78.4 Å². The zero-order valence-corrected chi connectivity index (χ0v) is 14.8. The molecule has 0 unspecified atom stereocenters. The highest BCUT2D eigenvalue weighted by molar-refractivity contribution is 5.33. The van der Waals surface area contributed by atoms with Crippen molar-refractivity contribution in [1.82, 2.24) is 4.90 Å². The third-order valence-electron chi connectivity index (χ3n) is 3.85. The first-order valence-corrected chi connectivity index (χ1v) is 8.47. The molecule has 0 bridgehead atoms. The zero-order chi connectivity index (χ0) is 17.9. The molecule has 1 atom stereocenters. The molecule has 0 aliphatic heterocycles. The van der Waals surface area contributed by atoms with E-state index in [0.29, 0.717) is 26.3 Å². The van der Waals surface area contributed by atoms with Crippen LogP contribution in [0.4, 0.5) is 0 Å². The predicted octanol–water partition coefficient (Wildman–Crippen LogP) is 3.26. The normalized spacial score (nSPS) is 12.1. The largest absolute Gasteiger partial charge is 0.496 e. The minimum atomic E-state index is -0.557. The molecule has 0 heterocycles. The van der Waals surface area contributed by atoms with E-state index in [1.165, 1.54) is 5.56 Å². The number of nitrogens with zero attached hydrogens (tertiary/aromatic N) is 1. The third-order valence-corrected chi connectivity index (χ3v) is 3.85. The van der Waals surface area contributed by atoms with Crippen LogP contribution in [0.25, 0.3) is 0 Å². The lowest BCUT2D eigenvalue weighted by molar-refractivity contribution is 0.0227. The summed E-state index contributed by atoms with van der Waals surface area (Å²) < 4.78 is 10.8. The van der Waals surface area contributed by atoms with Crippen molar-refractivity contribution in [2.75, 3.05) is 26.9 Å². The van der Waals surface area contributed by atoms with Crippen molar-refractivity contribution in [2.45, 2.75) is 19.2 Å². The van der Waals surface area contributed by atoms with Gasteiger partial charge in [0, 0.05) is 25.2 Å². The van der Waals surface area contributed by atoms with Crippen LogP contribution in [0.1, 0.15) is 11.1 Å². The van der Waals surface area contributed by atoms with E-state index in [2.05, 4.69) is 29.7 Å². The molecule has 1 N–H and O–H groups in total. The smallest absolute Gasteiger partial charge is 0.123 e. The summed E-state index contributed by atoms with van der Waals surface area (Å²) >= 11 is 0. The SMILES string of the molecule is C=CCOC[C@@H](O)CN(Cc1ccccc1)Cc1ccccc1OC. The Labute approximate surface area is 150 Å². The molecule has 25 heavy (non-hydrogen) atoms. The number of aliphatic hydroxyl groups is 1. The van der Waals surface area contributed by atoms with E-state index < -0.39 is 6.10 Å². The summed E-state index contributed by atoms with van der Waals surface area (Å²) in [5.74, 6) is 0.859. The number of benzene rings is 2. The Morgan fingerprint density at radius 1 is 1.08 bits per heavy atom. The molecular weight excluding hydrogens is 314 g/mol. The Morgan fingerprint density at radius 2 is 1.80 bits per heavy atom. The molecule has 0 saturated heterocycles. The van der Waals surface area contributed by atoms with Crippen molar-refractivity contribution in [3.63, 3.8) is 0 Å². The van der Waals surface area contributed by atoms with Crippen LogP contribution in [0.3, 0.4) is 0 Å². The molecule has 0 amide bonds. The fraction of sp³-hybridized carbons (Fsp3) is 0.333. The number of ether oxygens (including phenoxy) is 2. The molecule has 2 aromatic rings. The molecule has 2 aromatic carbocycles. The summed E-state index contributed by atoms with van der Waals surface area (Å²) in [4.78, 5) is 2.20. The van der Waals surface area contributed by atoms with E-state index in [1.54, 1.807) is 13.2 Å². The summed E-state index contributed by atoms with van der Waals surface area (Å²) in [5.41, 5.74) is 2.30. The monoisotopic (exact) mass is 341 g/mol. The maximum atomic E-state index is 10.3. The Balaban J connectivity index is 2.06. The van der Waals surface area contributed by atoms with Gasteiger partial charge in [0.1, 0.15) is 5.75 Å². The lowest BCUT2D eigenvalue weighted by Gasteiger charge is -2.26. The van der Waals surface area contributed by atoms with Crippen molar-refractivity contribution in [3.8, 4) is 5.75 Å². The van der Waals surface area contributed by atoms with Gasteiger partial charge in [0.25, 0.3) is 0 Å². The minimum Gasteiger partial charge on any atom is -0.496 e. The second-order valence-corrected chi connectivity index (χ2v) is 5.95. The maximum absolute atomic E-state index is 10.3. The average Bonchev–Trinajstić information content (AvgIpc) is 2.63. The van der Waals surface area contributed by atoms with Crippen LogP contribution in [0.5, 0.6) is 5.75 Å². The molecule has 0 spiro atoms. The molecule has 0 radical (unpaired) electrons. The summed E-state index contributed by atoms with van der Waals surface area (Å²) in [7, 11) is 1.68. The molecular formula is C21H27NO3. The van der Waals surface area contributed by atoms with Gasteiger partial charge >= 0.3 is 0 Å². The lowest BCUT2D eigenvalue weighted by atomic mass is 10.1. The highest BCUT2D eigenvalue weighted by atomic mass is 16.5. The highest BCUT2D eigenvalue weighted by Crippen LogP contribution is 2.20. The van der Waals surface area contributed by atoms with Crippen LogP contribution in [0.15, 0.2) is 67.3 Å². The first-order valence-electron chi connectivity index (χ1n) is 8.47. The summed E-state index contributed by atoms with van der Waals surface area (Å²) in [6.07, 6.45) is 1.13. The van der Waals surface area contributed by atoms with Crippen molar-refractivity contribution >= 4 is 0 Å². The second-order valence-electron chi connectivity index (χ2n) is 5.95. The molecule has 0 fully saturated rings. The number of hydrogen-bond acceptors (Lipinski definition) is 4. The summed E-state index contributed by atoms with van der Waals surface area (Å²) in [5, 5.41) is 10.3. The summed E-state index contributed by atoms with van der Waals surface area (Å²) in [6, 6.07) is 18.2. The maximum Gasteiger partial charge on any atom is 0.123 e. The second kappa shape index (κ2) is 10.7. The molecule has 0 aliphatic carbocycles. The van der Waals surface area contributed by atoms with E-state index in [1.807, 2.05) is 36.4 Å². The number of rotatable bonds is 11. The van der Waals surface area contributed by atoms with Gasteiger partial charge < -0.3 is 14.6 Å². The van der Waals surface area contributed by atoms with Crippen molar-refractivity contribution < 1.29 is 14.6 Å². The quantitative estimate of drug-likeness (QED) is 0.503. The molecule has 4 heteroatoms. The number of methoxy groups -OCH3 is 1. The minimum absolute atomic E-state index is 0.295. The number of aliphatic hydroxyl groups excluding tert-OH is 1. The Kier molecular flexibility index (Phi) is 8.19. The van der Waals surface area contributed by atoms with Gasteiger partial charge in [-0.2, -0.15) is 0 Å². The first kappa shape index (κ1) is 19.2. The fourth-order valence-corrected chi connectivity index (χ4v) is 2.74. The molecule has 134 valence electrons. The van der Waals surface area contributed by atoms with Gasteiger partial charge in [-0.25, -0.2) is 0 Å². The number of hydrogen-bond donors (Lipinski definition) is 1. The lowest BCUT2D eigenvalue weighted by Crippen LogP contribution is -2.34. The molecule has 0 saturated carbocycles. The van der Waals surface area contributed by atoms with Crippen LogP contribution in [-0.2, 0) is 17.8 Å². The molecule has 4 nitrogen and oxygen atoms in total.